The van der Waals surface area contributed by atoms with Crippen LogP contribution in [0.2, 0.25) is 0 Å². The van der Waals surface area contributed by atoms with E-state index < -0.39 is 0 Å². The molecule has 25 heavy (non-hydrogen) atoms. The van der Waals surface area contributed by atoms with E-state index in [2.05, 4.69) is 21.7 Å². The zero-order valence-corrected chi connectivity index (χ0v) is 15.3. The van der Waals surface area contributed by atoms with Gasteiger partial charge in [0.15, 0.2) is 0 Å². The fourth-order valence-corrected chi connectivity index (χ4v) is 3.76. The van der Waals surface area contributed by atoms with E-state index in [9.17, 15) is 9.59 Å². The van der Waals surface area contributed by atoms with Crippen molar-refractivity contribution in [3.8, 4) is 0 Å². The topological polar surface area (TPSA) is 66.4 Å². The average molecular weight is 358 g/mol. The van der Waals surface area contributed by atoms with Gasteiger partial charge in [0.1, 0.15) is 0 Å². The smallest absolute Gasteiger partial charge is 0.242 e. The van der Waals surface area contributed by atoms with Gasteiger partial charge in [0.2, 0.25) is 11.8 Å². The van der Waals surface area contributed by atoms with Gasteiger partial charge in [-0.05, 0) is 36.4 Å². The Balaban J connectivity index is 1.53. The van der Waals surface area contributed by atoms with Gasteiger partial charge in [0, 0.05) is 20.0 Å². The zero-order chi connectivity index (χ0) is 17.8. The summed E-state index contributed by atoms with van der Waals surface area (Å²) in [5.41, 5.74) is 2.09. The van der Waals surface area contributed by atoms with Crippen molar-refractivity contribution in [2.45, 2.75) is 26.3 Å². The predicted molar refractivity (Wildman–Crippen MR) is 96.0 cm³/mol. The van der Waals surface area contributed by atoms with Crippen LogP contribution < -0.4 is 0 Å². The fourth-order valence-electron chi connectivity index (χ4n) is 3.07. The van der Waals surface area contributed by atoms with Crippen LogP contribution in [-0.4, -0.2) is 51.3 Å². The highest BCUT2D eigenvalue weighted by molar-refractivity contribution is 7.05. The second-order valence-electron chi connectivity index (χ2n) is 6.57. The van der Waals surface area contributed by atoms with Gasteiger partial charge in [-0.3, -0.25) is 9.59 Å². The monoisotopic (exact) mass is 358 g/mol. The normalized spacial score (nSPS) is 17.1. The summed E-state index contributed by atoms with van der Waals surface area (Å²) in [5, 5.41) is 3.96. The van der Waals surface area contributed by atoms with Crippen molar-refractivity contribution >= 4 is 23.3 Å². The summed E-state index contributed by atoms with van der Waals surface area (Å²) in [6, 6.07) is 10.2. The number of hydrogen-bond donors (Lipinski definition) is 0. The fraction of sp³-hybridized carbons (Fsp3) is 0.444. The van der Waals surface area contributed by atoms with Gasteiger partial charge in [0.25, 0.3) is 0 Å². The van der Waals surface area contributed by atoms with E-state index >= 15 is 0 Å². The van der Waals surface area contributed by atoms with Crippen LogP contribution in [0.15, 0.2) is 30.3 Å². The van der Waals surface area contributed by atoms with Crippen LogP contribution >= 0.6 is 11.5 Å². The molecule has 1 aliphatic heterocycles. The van der Waals surface area contributed by atoms with Gasteiger partial charge in [-0.2, -0.15) is 0 Å². The quantitative estimate of drug-likeness (QED) is 0.791. The highest BCUT2D eigenvalue weighted by Gasteiger charge is 2.31. The second-order valence-corrected chi connectivity index (χ2v) is 7.40. The summed E-state index contributed by atoms with van der Waals surface area (Å²) in [4.78, 5) is 29.0. The lowest BCUT2D eigenvalue weighted by molar-refractivity contribution is -0.137. The summed E-state index contributed by atoms with van der Waals surface area (Å²) in [6.45, 7) is 3.16. The molecule has 1 aliphatic rings. The van der Waals surface area contributed by atoms with Crippen LogP contribution in [0.5, 0.6) is 0 Å². The minimum atomic E-state index is -0.0542. The molecule has 1 atom stereocenters. The molecule has 1 aromatic carbocycles. The van der Waals surface area contributed by atoms with E-state index in [4.69, 9.17) is 0 Å². The number of likely N-dealkylation sites (tertiary alicyclic amines) is 1. The third kappa shape index (κ3) is 4.42. The molecule has 2 heterocycles. The molecule has 0 bridgehead atoms. The number of rotatable bonds is 6. The lowest BCUT2D eigenvalue weighted by Crippen LogP contribution is -2.38. The van der Waals surface area contributed by atoms with Crippen molar-refractivity contribution in [2.24, 2.45) is 5.92 Å². The van der Waals surface area contributed by atoms with E-state index in [1.165, 1.54) is 17.1 Å². The van der Waals surface area contributed by atoms with Crippen LogP contribution in [0.1, 0.15) is 22.6 Å². The standard InChI is InChI=1S/C18H22N4O2S/c1-13-16(25-20-19-13)11-21(2)18(24)12-22-10-15(9-17(22)23)8-14-6-4-3-5-7-14/h3-7,15H,8-12H2,1-2H3. The lowest BCUT2D eigenvalue weighted by Gasteiger charge is -2.21. The second kappa shape index (κ2) is 7.74. The lowest BCUT2D eigenvalue weighted by atomic mass is 9.99. The molecule has 0 radical (unpaired) electrons. The molecule has 1 unspecified atom stereocenters. The largest absolute Gasteiger partial charge is 0.339 e. The molecule has 7 heteroatoms. The molecule has 1 aromatic heterocycles. The Hall–Kier alpha value is -2.28. The van der Waals surface area contributed by atoms with Crippen molar-refractivity contribution in [3.63, 3.8) is 0 Å². The minimum absolute atomic E-state index is 0.0542. The molecule has 132 valence electrons. The van der Waals surface area contributed by atoms with Gasteiger partial charge < -0.3 is 9.80 Å². The molecule has 0 spiro atoms. The van der Waals surface area contributed by atoms with Gasteiger partial charge in [-0.25, -0.2) is 0 Å². The van der Waals surface area contributed by atoms with E-state index in [1.54, 1.807) is 16.8 Å². The van der Waals surface area contributed by atoms with Crippen molar-refractivity contribution in [1.82, 2.24) is 19.4 Å². The molecule has 2 amide bonds. The molecule has 6 nitrogen and oxygen atoms in total. The number of likely N-dealkylation sites (N-methyl/N-ethyl adjacent to an activating group) is 1. The Labute approximate surface area is 151 Å². The molecular formula is C18H22N4O2S. The summed E-state index contributed by atoms with van der Waals surface area (Å²) < 4.78 is 3.89. The van der Waals surface area contributed by atoms with E-state index in [1.807, 2.05) is 25.1 Å². The van der Waals surface area contributed by atoms with Gasteiger partial charge in [-0.1, -0.05) is 34.8 Å². The SMILES string of the molecule is Cc1nnsc1CN(C)C(=O)CN1CC(Cc2ccccc2)CC1=O. The molecule has 0 N–H and O–H groups in total. The van der Waals surface area contributed by atoms with Crippen LogP contribution in [0.4, 0.5) is 0 Å². The number of aryl methyl sites for hydroxylation is 1. The van der Waals surface area contributed by atoms with E-state index in [-0.39, 0.29) is 24.3 Å². The zero-order valence-electron chi connectivity index (χ0n) is 14.5. The van der Waals surface area contributed by atoms with E-state index in [0.29, 0.717) is 19.5 Å². The van der Waals surface area contributed by atoms with E-state index in [0.717, 1.165) is 17.0 Å². The first-order valence-electron chi connectivity index (χ1n) is 8.36. The predicted octanol–water partition coefficient (Wildman–Crippen LogP) is 1.90. The first-order chi connectivity index (χ1) is 12.0. The Morgan fingerprint density at radius 2 is 2.12 bits per heavy atom. The van der Waals surface area contributed by atoms with Gasteiger partial charge in [0.05, 0.1) is 23.7 Å². The molecule has 1 saturated heterocycles. The third-order valence-electron chi connectivity index (χ3n) is 4.54. The number of nitrogens with zero attached hydrogens (tertiary/aromatic N) is 4. The first kappa shape index (κ1) is 17.5. The molecular weight excluding hydrogens is 336 g/mol. The third-order valence-corrected chi connectivity index (χ3v) is 5.35. The molecule has 0 aliphatic carbocycles. The van der Waals surface area contributed by atoms with Crippen LogP contribution in [-0.2, 0) is 22.6 Å². The number of benzene rings is 1. The highest BCUT2D eigenvalue weighted by atomic mass is 32.1. The Bertz CT molecular complexity index is 747. The van der Waals surface area contributed by atoms with Crippen molar-refractivity contribution in [1.29, 1.82) is 0 Å². The number of carbonyl (C=O) groups excluding carboxylic acids is 2. The van der Waals surface area contributed by atoms with Crippen molar-refractivity contribution in [3.05, 3.63) is 46.5 Å². The molecule has 1 fully saturated rings. The van der Waals surface area contributed by atoms with Crippen LogP contribution in [0.3, 0.4) is 0 Å². The Morgan fingerprint density at radius 3 is 2.80 bits per heavy atom. The van der Waals surface area contributed by atoms with Gasteiger partial charge in [-0.15, -0.1) is 5.10 Å². The Morgan fingerprint density at radius 1 is 1.36 bits per heavy atom. The minimum Gasteiger partial charge on any atom is -0.339 e. The molecule has 3 rings (SSSR count). The number of carbonyl (C=O) groups is 2. The van der Waals surface area contributed by atoms with Crippen LogP contribution in [0, 0.1) is 12.8 Å². The Kier molecular flexibility index (Phi) is 5.43. The summed E-state index contributed by atoms with van der Waals surface area (Å²) >= 11 is 1.30. The summed E-state index contributed by atoms with van der Waals surface area (Å²) in [5.74, 6) is 0.292. The van der Waals surface area contributed by atoms with Crippen molar-refractivity contribution < 1.29 is 9.59 Å². The first-order valence-corrected chi connectivity index (χ1v) is 9.13. The van der Waals surface area contributed by atoms with Crippen molar-refractivity contribution in [2.75, 3.05) is 20.1 Å². The highest BCUT2D eigenvalue weighted by Crippen LogP contribution is 2.22. The summed E-state index contributed by atoms with van der Waals surface area (Å²) in [7, 11) is 1.75. The number of amides is 2. The maximum absolute atomic E-state index is 12.4. The maximum atomic E-state index is 12.4. The number of aromatic nitrogens is 2. The summed E-state index contributed by atoms with van der Waals surface area (Å²) in [6.07, 6.45) is 1.39. The number of hydrogen-bond acceptors (Lipinski definition) is 5. The maximum Gasteiger partial charge on any atom is 0.242 e. The average Bonchev–Trinajstić information content (AvgIpc) is 3.14. The molecule has 2 aromatic rings. The van der Waals surface area contributed by atoms with Gasteiger partial charge >= 0.3 is 0 Å². The van der Waals surface area contributed by atoms with Crippen LogP contribution in [0.25, 0.3) is 0 Å². The molecule has 0 saturated carbocycles.